The Kier molecular flexibility index (Phi) is 5.37. The molecule has 0 unspecified atom stereocenters. The summed E-state index contributed by atoms with van der Waals surface area (Å²) in [5.74, 6) is 1.10. The molecule has 0 aliphatic heterocycles. The standard InChI is InChI=1S/C17H27N3O/c1-4-10-20-15-8-6-5-7-14(15)19-16(20)12-18-13-17(2,3)9-11-21/h5-8,18,21H,4,9-13H2,1-3H3. The summed E-state index contributed by atoms with van der Waals surface area (Å²) in [6.07, 6.45) is 1.91. The van der Waals surface area contributed by atoms with E-state index in [2.05, 4.69) is 48.9 Å². The molecule has 0 aliphatic rings. The maximum absolute atomic E-state index is 9.08. The van der Waals surface area contributed by atoms with Crippen LogP contribution in [0.4, 0.5) is 0 Å². The lowest BCUT2D eigenvalue weighted by Crippen LogP contribution is -2.30. The van der Waals surface area contributed by atoms with Gasteiger partial charge < -0.3 is 15.0 Å². The zero-order valence-corrected chi connectivity index (χ0v) is 13.4. The van der Waals surface area contributed by atoms with Gasteiger partial charge in [0.05, 0.1) is 17.6 Å². The number of hydrogen-bond acceptors (Lipinski definition) is 3. The predicted octanol–water partition coefficient (Wildman–Crippen LogP) is 2.94. The van der Waals surface area contributed by atoms with Crippen molar-refractivity contribution in [1.82, 2.24) is 14.9 Å². The van der Waals surface area contributed by atoms with Crippen LogP contribution in [0.1, 0.15) is 39.4 Å². The average molecular weight is 289 g/mol. The lowest BCUT2D eigenvalue weighted by atomic mass is 9.90. The Morgan fingerprint density at radius 3 is 2.76 bits per heavy atom. The van der Waals surface area contributed by atoms with Gasteiger partial charge in [0.1, 0.15) is 5.82 Å². The van der Waals surface area contributed by atoms with Crippen LogP contribution in [0.5, 0.6) is 0 Å². The van der Waals surface area contributed by atoms with Gasteiger partial charge in [-0.05, 0) is 30.4 Å². The van der Waals surface area contributed by atoms with E-state index in [1.807, 2.05) is 6.07 Å². The number of fused-ring (bicyclic) bond motifs is 1. The van der Waals surface area contributed by atoms with Gasteiger partial charge in [-0.25, -0.2) is 4.98 Å². The van der Waals surface area contributed by atoms with Gasteiger partial charge in [0.15, 0.2) is 0 Å². The summed E-state index contributed by atoms with van der Waals surface area (Å²) in [5, 5.41) is 12.6. The molecule has 1 aromatic heterocycles. The molecule has 2 rings (SSSR count). The third-order valence-electron chi connectivity index (χ3n) is 3.86. The maximum Gasteiger partial charge on any atom is 0.123 e. The van der Waals surface area contributed by atoms with Gasteiger partial charge in [0, 0.05) is 19.7 Å². The molecule has 4 heteroatoms. The molecule has 0 aliphatic carbocycles. The Bertz CT molecular complexity index is 574. The van der Waals surface area contributed by atoms with Crippen molar-refractivity contribution in [2.24, 2.45) is 5.41 Å². The molecule has 21 heavy (non-hydrogen) atoms. The van der Waals surface area contributed by atoms with Gasteiger partial charge in [0.2, 0.25) is 0 Å². The number of aromatic nitrogens is 2. The van der Waals surface area contributed by atoms with E-state index in [0.717, 1.165) is 43.8 Å². The van der Waals surface area contributed by atoms with Crippen molar-refractivity contribution in [3.8, 4) is 0 Å². The van der Waals surface area contributed by atoms with Crippen LogP contribution in [-0.4, -0.2) is 27.8 Å². The molecule has 1 heterocycles. The molecule has 0 fully saturated rings. The fraction of sp³-hybridized carbons (Fsp3) is 0.588. The second-order valence-corrected chi connectivity index (χ2v) is 6.41. The van der Waals surface area contributed by atoms with Crippen LogP contribution in [0.25, 0.3) is 11.0 Å². The molecule has 0 radical (unpaired) electrons. The Balaban J connectivity index is 2.09. The highest BCUT2D eigenvalue weighted by Crippen LogP contribution is 2.19. The smallest absolute Gasteiger partial charge is 0.123 e. The summed E-state index contributed by atoms with van der Waals surface area (Å²) in [6.45, 7) is 9.42. The Hall–Kier alpha value is -1.39. The Labute approximate surface area is 127 Å². The largest absolute Gasteiger partial charge is 0.396 e. The van der Waals surface area contributed by atoms with E-state index in [1.54, 1.807) is 0 Å². The monoisotopic (exact) mass is 289 g/mol. The molecule has 116 valence electrons. The number of aliphatic hydroxyl groups is 1. The minimum Gasteiger partial charge on any atom is -0.396 e. The van der Waals surface area contributed by atoms with Gasteiger partial charge in [-0.3, -0.25) is 0 Å². The molecule has 0 amide bonds. The Morgan fingerprint density at radius 1 is 1.29 bits per heavy atom. The molecule has 0 saturated carbocycles. The molecule has 4 nitrogen and oxygen atoms in total. The number of imidazole rings is 1. The van der Waals surface area contributed by atoms with Gasteiger partial charge in [-0.1, -0.05) is 32.9 Å². The zero-order valence-electron chi connectivity index (χ0n) is 13.4. The summed E-state index contributed by atoms with van der Waals surface area (Å²) in [7, 11) is 0. The van der Waals surface area contributed by atoms with E-state index >= 15 is 0 Å². The highest BCUT2D eigenvalue weighted by Gasteiger charge is 2.17. The van der Waals surface area contributed by atoms with Crippen molar-refractivity contribution in [3.63, 3.8) is 0 Å². The van der Waals surface area contributed by atoms with Crippen molar-refractivity contribution < 1.29 is 5.11 Å². The van der Waals surface area contributed by atoms with Crippen LogP contribution in [-0.2, 0) is 13.1 Å². The Morgan fingerprint density at radius 2 is 2.05 bits per heavy atom. The topological polar surface area (TPSA) is 50.1 Å². The first-order chi connectivity index (χ1) is 10.1. The first-order valence-electron chi connectivity index (χ1n) is 7.83. The van der Waals surface area contributed by atoms with Gasteiger partial charge in [-0.2, -0.15) is 0 Å². The first kappa shape index (κ1) is 16.0. The number of nitrogens with zero attached hydrogens (tertiary/aromatic N) is 2. The first-order valence-corrected chi connectivity index (χ1v) is 7.83. The second-order valence-electron chi connectivity index (χ2n) is 6.41. The summed E-state index contributed by atoms with van der Waals surface area (Å²) < 4.78 is 2.31. The van der Waals surface area contributed by atoms with Crippen LogP contribution in [0.3, 0.4) is 0 Å². The van der Waals surface area contributed by atoms with Gasteiger partial charge in [0.25, 0.3) is 0 Å². The van der Waals surface area contributed by atoms with Crippen molar-refractivity contribution in [3.05, 3.63) is 30.1 Å². The minimum absolute atomic E-state index is 0.107. The second kappa shape index (κ2) is 7.05. The zero-order chi connectivity index (χ0) is 15.3. The van der Waals surface area contributed by atoms with Crippen LogP contribution >= 0.6 is 0 Å². The molecule has 2 aromatic rings. The molecule has 1 aromatic carbocycles. The van der Waals surface area contributed by atoms with Crippen molar-refractivity contribution in [2.45, 2.75) is 46.7 Å². The minimum atomic E-state index is 0.107. The molecule has 0 atom stereocenters. The summed E-state index contributed by atoms with van der Waals surface area (Å²) >= 11 is 0. The van der Waals surface area contributed by atoms with Crippen molar-refractivity contribution >= 4 is 11.0 Å². The molecule has 2 N–H and O–H groups in total. The molecule has 0 spiro atoms. The molecular formula is C17H27N3O. The van der Waals surface area contributed by atoms with E-state index in [0.29, 0.717) is 0 Å². The number of para-hydroxylation sites is 2. The number of aliphatic hydroxyl groups excluding tert-OH is 1. The summed E-state index contributed by atoms with van der Waals surface area (Å²) in [4.78, 5) is 4.75. The van der Waals surface area contributed by atoms with E-state index in [1.165, 1.54) is 5.52 Å². The third-order valence-corrected chi connectivity index (χ3v) is 3.86. The highest BCUT2D eigenvalue weighted by atomic mass is 16.3. The third kappa shape index (κ3) is 4.05. The van der Waals surface area contributed by atoms with E-state index in [4.69, 9.17) is 10.1 Å². The fourth-order valence-electron chi connectivity index (χ4n) is 2.64. The number of hydrogen-bond donors (Lipinski definition) is 2. The average Bonchev–Trinajstić information content (AvgIpc) is 2.77. The lowest BCUT2D eigenvalue weighted by molar-refractivity contribution is 0.206. The summed E-state index contributed by atoms with van der Waals surface area (Å²) in [6, 6.07) is 8.31. The quantitative estimate of drug-likeness (QED) is 0.785. The van der Waals surface area contributed by atoms with Crippen LogP contribution in [0.15, 0.2) is 24.3 Å². The number of nitrogens with one attached hydrogen (secondary N) is 1. The number of benzene rings is 1. The summed E-state index contributed by atoms with van der Waals surface area (Å²) in [5.41, 5.74) is 2.39. The SMILES string of the molecule is CCCn1c(CNCC(C)(C)CCO)nc2ccccc21. The van der Waals surface area contributed by atoms with Crippen LogP contribution < -0.4 is 5.32 Å². The van der Waals surface area contributed by atoms with Crippen LogP contribution in [0, 0.1) is 5.41 Å². The molecule has 0 saturated heterocycles. The number of rotatable bonds is 8. The molecule has 0 bridgehead atoms. The highest BCUT2D eigenvalue weighted by molar-refractivity contribution is 5.75. The normalized spacial score (nSPS) is 12.2. The van der Waals surface area contributed by atoms with Crippen molar-refractivity contribution in [2.75, 3.05) is 13.2 Å². The fourth-order valence-corrected chi connectivity index (χ4v) is 2.64. The number of aryl methyl sites for hydroxylation is 1. The van der Waals surface area contributed by atoms with E-state index in [9.17, 15) is 0 Å². The lowest BCUT2D eigenvalue weighted by Gasteiger charge is -2.24. The predicted molar refractivity (Wildman–Crippen MR) is 87.2 cm³/mol. The van der Waals surface area contributed by atoms with Gasteiger partial charge >= 0.3 is 0 Å². The molecular weight excluding hydrogens is 262 g/mol. The van der Waals surface area contributed by atoms with E-state index in [-0.39, 0.29) is 12.0 Å². The maximum atomic E-state index is 9.08. The van der Waals surface area contributed by atoms with Crippen LogP contribution in [0.2, 0.25) is 0 Å². The van der Waals surface area contributed by atoms with Gasteiger partial charge in [-0.15, -0.1) is 0 Å². The van der Waals surface area contributed by atoms with Crippen molar-refractivity contribution in [1.29, 1.82) is 0 Å². The van der Waals surface area contributed by atoms with E-state index < -0.39 is 0 Å².